The van der Waals surface area contributed by atoms with Crippen molar-refractivity contribution in [3.8, 4) is 11.1 Å². The average Bonchev–Trinajstić information content (AvgIpc) is 2.74. The summed E-state index contributed by atoms with van der Waals surface area (Å²) in [6.07, 6.45) is 2.65. The maximum atomic E-state index is 13.0. The van der Waals surface area contributed by atoms with Gasteiger partial charge in [-0.2, -0.15) is 5.10 Å². The lowest BCUT2D eigenvalue weighted by Crippen LogP contribution is -1.95. The zero-order valence-electron chi connectivity index (χ0n) is 7.78. The van der Waals surface area contributed by atoms with Gasteiger partial charge < -0.3 is 0 Å². The Morgan fingerprint density at radius 1 is 1.31 bits per heavy atom. The van der Waals surface area contributed by atoms with Gasteiger partial charge in [0.05, 0.1) is 22.7 Å². The van der Waals surface area contributed by atoms with Crippen molar-refractivity contribution in [1.29, 1.82) is 0 Å². The predicted molar refractivity (Wildman–Crippen MR) is 50.6 cm³/mol. The number of aromatic amines is 1. The van der Waals surface area contributed by atoms with E-state index in [9.17, 15) is 18.9 Å². The van der Waals surface area contributed by atoms with Gasteiger partial charge in [-0.1, -0.05) is 0 Å². The summed E-state index contributed by atoms with van der Waals surface area (Å²) in [6.45, 7) is 0. The zero-order chi connectivity index (χ0) is 11.7. The molecule has 1 N–H and O–H groups in total. The second-order valence-corrected chi connectivity index (χ2v) is 3.03. The highest BCUT2D eigenvalue weighted by Gasteiger charge is 2.20. The van der Waals surface area contributed by atoms with Crippen LogP contribution in [0.1, 0.15) is 0 Å². The fourth-order valence-corrected chi connectivity index (χ4v) is 1.32. The van der Waals surface area contributed by atoms with E-state index in [4.69, 9.17) is 0 Å². The molecule has 0 aliphatic heterocycles. The number of hydrogen-bond donors (Lipinski definition) is 1. The molecule has 0 aliphatic rings. The molecule has 0 saturated heterocycles. The molecule has 0 radical (unpaired) electrons. The summed E-state index contributed by atoms with van der Waals surface area (Å²) in [7, 11) is 0. The molecule has 2 aromatic rings. The quantitative estimate of drug-likeness (QED) is 0.629. The molecule has 0 saturated carbocycles. The molecule has 5 nitrogen and oxygen atoms in total. The van der Waals surface area contributed by atoms with Crippen LogP contribution in [0.4, 0.5) is 14.5 Å². The van der Waals surface area contributed by atoms with Crippen LogP contribution in [0.2, 0.25) is 0 Å². The number of rotatable bonds is 2. The van der Waals surface area contributed by atoms with E-state index < -0.39 is 22.2 Å². The van der Waals surface area contributed by atoms with E-state index in [1.165, 1.54) is 12.4 Å². The van der Waals surface area contributed by atoms with Gasteiger partial charge in [0.1, 0.15) is 0 Å². The lowest BCUT2D eigenvalue weighted by atomic mass is 10.1. The van der Waals surface area contributed by atoms with Gasteiger partial charge in [0, 0.05) is 11.8 Å². The summed E-state index contributed by atoms with van der Waals surface area (Å²) < 4.78 is 25.8. The molecule has 0 bridgehead atoms. The number of halogens is 2. The van der Waals surface area contributed by atoms with Gasteiger partial charge in [-0.15, -0.1) is 0 Å². The highest BCUT2D eigenvalue weighted by Crippen LogP contribution is 2.30. The van der Waals surface area contributed by atoms with Crippen LogP contribution in [-0.2, 0) is 0 Å². The highest BCUT2D eigenvalue weighted by atomic mass is 19.2. The summed E-state index contributed by atoms with van der Waals surface area (Å²) in [5.74, 6) is -2.39. The van der Waals surface area contributed by atoms with Crippen LogP contribution < -0.4 is 0 Å². The first-order valence-electron chi connectivity index (χ1n) is 4.22. The summed E-state index contributed by atoms with van der Waals surface area (Å²) in [5, 5.41) is 16.7. The third-order valence-corrected chi connectivity index (χ3v) is 2.04. The Labute approximate surface area is 87.9 Å². The Balaban J connectivity index is 2.68. The van der Waals surface area contributed by atoms with Gasteiger partial charge in [0.15, 0.2) is 11.6 Å². The third-order valence-electron chi connectivity index (χ3n) is 2.04. The maximum absolute atomic E-state index is 13.0. The number of nitrogens with zero attached hydrogens (tertiary/aromatic N) is 2. The SMILES string of the molecule is O=[N+]([O-])c1cc(F)c(F)cc1-c1cn[nH]c1. The van der Waals surface area contributed by atoms with Crippen molar-refractivity contribution in [2.24, 2.45) is 0 Å². The first kappa shape index (κ1) is 10.2. The van der Waals surface area contributed by atoms with Crippen molar-refractivity contribution in [2.75, 3.05) is 0 Å². The Kier molecular flexibility index (Phi) is 2.35. The summed E-state index contributed by atoms with van der Waals surface area (Å²) >= 11 is 0. The Morgan fingerprint density at radius 2 is 2.00 bits per heavy atom. The molecule has 7 heteroatoms. The van der Waals surface area contributed by atoms with E-state index >= 15 is 0 Å². The van der Waals surface area contributed by atoms with Gasteiger partial charge >= 0.3 is 0 Å². The normalized spacial score (nSPS) is 10.4. The zero-order valence-corrected chi connectivity index (χ0v) is 7.78. The van der Waals surface area contributed by atoms with E-state index in [1.54, 1.807) is 0 Å². The molecule has 1 aromatic carbocycles. The van der Waals surface area contributed by atoms with Crippen molar-refractivity contribution in [2.45, 2.75) is 0 Å². The Hall–Kier alpha value is -2.31. The van der Waals surface area contributed by atoms with Gasteiger partial charge in [0.2, 0.25) is 0 Å². The van der Waals surface area contributed by atoms with Crippen LogP contribution >= 0.6 is 0 Å². The lowest BCUT2D eigenvalue weighted by molar-refractivity contribution is -0.384. The van der Waals surface area contributed by atoms with E-state index in [0.29, 0.717) is 11.6 Å². The summed E-state index contributed by atoms with van der Waals surface area (Å²) in [5.41, 5.74) is -0.191. The molecular weight excluding hydrogens is 220 g/mol. The fourth-order valence-electron chi connectivity index (χ4n) is 1.32. The molecule has 0 atom stereocenters. The van der Waals surface area contributed by atoms with E-state index in [1.807, 2.05) is 0 Å². The number of nitrogens with one attached hydrogen (secondary N) is 1. The molecule has 0 amide bonds. The largest absolute Gasteiger partial charge is 0.285 e. The second kappa shape index (κ2) is 3.69. The van der Waals surface area contributed by atoms with Gasteiger partial charge in [-0.25, -0.2) is 8.78 Å². The van der Waals surface area contributed by atoms with Gasteiger partial charge in [-0.05, 0) is 6.07 Å². The summed E-state index contributed by atoms with van der Waals surface area (Å²) in [4.78, 5) is 9.89. The minimum absolute atomic E-state index is 0.0161. The molecule has 1 aromatic heterocycles. The van der Waals surface area contributed by atoms with Crippen molar-refractivity contribution in [1.82, 2.24) is 10.2 Å². The minimum Gasteiger partial charge on any atom is -0.285 e. The van der Waals surface area contributed by atoms with Crippen LogP contribution in [0.25, 0.3) is 11.1 Å². The van der Waals surface area contributed by atoms with Crippen LogP contribution in [-0.4, -0.2) is 15.1 Å². The predicted octanol–water partition coefficient (Wildman–Crippen LogP) is 2.26. The van der Waals surface area contributed by atoms with E-state index in [2.05, 4.69) is 10.2 Å². The van der Waals surface area contributed by atoms with E-state index in [-0.39, 0.29) is 5.56 Å². The lowest BCUT2D eigenvalue weighted by Gasteiger charge is -2.01. The van der Waals surface area contributed by atoms with Crippen LogP contribution in [0.3, 0.4) is 0 Å². The van der Waals surface area contributed by atoms with Crippen molar-refractivity contribution in [3.63, 3.8) is 0 Å². The fraction of sp³-hybridized carbons (Fsp3) is 0. The average molecular weight is 225 g/mol. The molecular formula is C9H5F2N3O2. The summed E-state index contributed by atoms with van der Waals surface area (Å²) in [6, 6.07) is 1.33. The molecule has 0 aliphatic carbocycles. The molecule has 16 heavy (non-hydrogen) atoms. The smallest absolute Gasteiger partial charge is 0.280 e. The second-order valence-electron chi connectivity index (χ2n) is 3.03. The standard InChI is InChI=1S/C9H5F2N3O2/c10-7-1-6(5-3-12-13-4-5)9(14(15)16)2-8(7)11/h1-4H,(H,12,13). The van der Waals surface area contributed by atoms with Gasteiger partial charge in [-0.3, -0.25) is 15.2 Å². The molecule has 82 valence electrons. The first-order chi connectivity index (χ1) is 7.59. The van der Waals surface area contributed by atoms with Crippen molar-refractivity contribution < 1.29 is 13.7 Å². The van der Waals surface area contributed by atoms with Crippen LogP contribution in [0, 0.1) is 21.7 Å². The third kappa shape index (κ3) is 1.62. The number of nitro benzene ring substituents is 1. The Bertz CT molecular complexity index is 540. The molecule has 2 rings (SSSR count). The maximum Gasteiger partial charge on any atom is 0.280 e. The molecule has 0 spiro atoms. The van der Waals surface area contributed by atoms with Gasteiger partial charge in [0.25, 0.3) is 5.69 Å². The topological polar surface area (TPSA) is 71.8 Å². The van der Waals surface area contributed by atoms with Crippen LogP contribution in [0.15, 0.2) is 24.5 Å². The number of nitro groups is 1. The highest BCUT2D eigenvalue weighted by molar-refractivity contribution is 5.72. The number of benzene rings is 1. The monoisotopic (exact) mass is 225 g/mol. The van der Waals surface area contributed by atoms with Crippen LogP contribution in [0.5, 0.6) is 0 Å². The van der Waals surface area contributed by atoms with Crippen molar-refractivity contribution >= 4 is 5.69 Å². The number of H-pyrrole nitrogens is 1. The molecule has 1 heterocycles. The number of aromatic nitrogens is 2. The minimum atomic E-state index is -1.25. The first-order valence-corrected chi connectivity index (χ1v) is 4.22. The molecule has 0 unspecified atom stereocenters. The Morgan fingerprint density at radius 3 is 2.56 bits per heavy atom. The number of hydrogen-bond acceptors (Lipinski definition) is 3. The van der Waals surface area contributed by atoms with Crippen molar-refractivity contribution in [3.05, 3.63) is 46.3 Å². The van der Waals surface area contributed by atoms with E-state index in [0.717, 1.165) is 6.07 Å². The molecule has 0 fully saturated rings.